The molecule has 0 radical (unpaired) electrons. The number of likely N-dealkylation sites (tertiary alicyclic amines) is 1. The fourth-order valence-electron chi connectivity index (χ4n) is 2.00. The monoisotopic (exact) mass is 312 g/mol. The van der Waals surface area contributed by atoms with Gasteiger partial charge in [-0.15, -0.1) is 0 Å². The number of nitrogens with two attached hydrogens (primary N) is 1. The molecule has 0 aromatic heterocycles. The molecule has 1 rings (SSSR count). The molecule has 1 heterocycles. The van der Waals surface area contributed by atoms with Gasteiger partial charge in [0.05, 0.1) is 18.0 Å². The van der Waals surface area contributed by atoms with Gasteiger partial charge in [0.1, 0.15) is 6.61 Å². The number of thiocarbonyl (C=S) groups is 1. The van der Waals surface area contributed by atoms with Crippen molar-refractivity contribution in [2.45, 2.75) is 32.4 Å². The molecule has 0 spiro atoms. The third-order valence-corrected chi connectivity index (χ3v) is 4.03. The summed E-state index contributed by atoms with van der Waals surface area (Å²) in [6, 6.07) is 0. The summed E-state index contributed by atoms with van der Waals surface area (Å²) >= 11 is 5.00. The minimum Gasteiger partial charge on any atom is -0.393 e. The van der Waals surface area contributed by atoms with Crippen molar-refractivity contribution < 1.29 is 22.7 Å². The minimum absolute atomic E-state index is 0.0418. The maximum Gasteiger partial charge on any atom is 0.411 e. The first-order valence-corrected chi connectivity index (χ1v) is 6.77. The van der Waals surface area contributed by atoms with Crippen LogP contribution >= 0.6 is 12.2 Å². The molecule has 0 aliphatic carbocycles. The average molecular weight is 312 g/mol. The van der Waals surface area contributed by atoms with Crippen molar-refractivity contribution in [1.82, 2.24) is 4.90 Å². The van der Waals surface area contributed by atoms with Crippen LogP contribution < -0.4 is 5.73 Å². The van der Waals surface area contributed by atoms with Gasteiger partial charge < -0.3 is 15.4 Å². The molecule has 0 aromatic rings. The van der Waals surface area contributed by atoms with Gasteiger partial charge in [0, 0.05) is 18.5 Å². The number of amides is 1. The molecule has 1 saturated heterocycles. The SMILES string of the molecule is CC1(C(N)=S)CCN(C(=O)CCOCC(F)(F)F)CC1. The zero-order chi connectivity index (χ0) is 15.4. The number of ether oxygens (including phenoxy) is 1. The van der Waals surface area contributed by atoms with Gasteiger partial charge in [-0.25, -0.2) is 0 Å². The summed E-state index contributed by atoms with van der Waals surface area (Å²) in [5, 5.41) is 0. The van der Waals surface area contributed by atoms with Crippen LogP contribution in [0, 0.1) is 5.41 Å². The molecule has 20 heavy (non-hydrogen) atoms. The number of hydrogen-bond acceptors (Lipinski definition) is 3. The predicted octanol–water partition coefficient (Wildman–Crippen LogP) is 1.87. The van der Waals surface area contributed by atoms with Gasteiger partial charge in [-0.2, -0.15) is 13.2 Å². The van der Waals surface area contributed by atoms with Gasteiger partial charge in [0.25, 0.3) is 0 Å². The first kappa shape index (κ1) is 17.2. The Balaban J connectivity index is 2.28. The van der Waals surface area contributed by atoms with Gasteiger partial charge in [-0.3, -0.25) is 4.79 Å². The molecular formula is C12H19F3N2O2S. The standard InChI is InChI=1S/C12H19F3N2O2S/c1-11(10(16)20)3-5-17(6-4-11)9(18)2-7-19-8-12(13,14)15/h2-8H2,1H3,(H2,16,20). The van der Waals surface area contributed by atoms with E-state index in [1.54, 1.807) is 4.90 Å². The molecule has 1 amide bonds. The number of hydrogen-bond donors (Lipinski definition) is 1. The van der Waals surface area contributed by atoms with E-state index in [4.69, 9.17) is 18.0 Å². The Labute approximate surface area is 121 Å². The van der Waals surface area contributed by atoms with Crippen molar-refractivity contribution >= 4 is 23.1 Å². The normalized spacial score (nSPS) is 18.9. The molecule has 2 N–H and O–H groups in total. The van der Waals surface area contributed by atoms with Crippen molar-refractivity contribution in [2.24, 2.45) is 11.1 Å². The van der Waals surface area contributed by atoms with E-state index in [0.717, 1.165) is 0 Å². The second-order valence-corrected chi connectivity index (χ2v) is 5.66. The highest BCUT2D eigenvalue weighted by molar-refractivity contribution is 7.80. The van der Waals surface area contributed by atoms with Gasteiger partial charge in [-0.05, 0) is 12.8 Å². The maximum absolute atomic E-state index is 11.9. The highest BCUT2D eigenvalue weighted by Crippen LogP contribution is 2.31. The maximum atomic E-state index is 11.9. The van der Waals surface area contributed by atoms with E-state index < -0.39 is 12.8 Å². The quantitative estimate of drug-likeness (QED) is 0.622. The van der Waals surface area contributed by atoms with Crippen molar-refractivity contribution in [1.29, 1.82) is 0 Å². The smallest absolute Gasteiger partial charge is 0.393 e. The molecule has 0 atom stereocenters. The third-order valence-electron chi connectivity index (χ3n) is 3.54. The molecule has 0 unspecified atom stereocenters. The lowest BCUT2D eigenvalue weighted by Crippen LogP contribution is -2.46. The highest BCUT2D eigenvalue weighted by Gasteiger charge is 2.34. The van der Waals surface area contributed by atoms with Crippen LogP contribution in [0.2, 0.25) is 0 Å². The van der Waals surface area contributed by atoms with Crippen LogP contribution in [0.3, 0.4) is 0 Å². The van der Waals surface area contributed by atoms with Gasteiger partial charge in [0.15, 0.2) is 0 Å². The number of alkyl halides is 3. The van der Waals surface area contributed by atoms with E-state index in [0.29, 0.717) is 30.9 Å². The van der Waals surface area contributed by atoms with Crippen LogP contribution in [0.5, 0.6) is 0 Å². The van der Waals surface area contributed by atoms with Crippen LogP contribution in [0.4, 0.5) is 13.2 Å². The second kappa shape index (κ2) is 6.71. The van der Waals surface area contributed by atoms with Crippen LogP contribution in [-0.2, 0) is 9.53 Å². The van der Waals surface area contributed by atoms with Crippen LogP contribution in [0.1, 0.15) is 26.2 Å². The highest BCUT2D eigenvalue weighted by atomic mass is 32.1. The lowest BCUT2D eigenvalue weighted by molar-refractivity contribution is -0.175. The van der Waals surface area contributed by atoms with E-state index in [9.17, 15) is 18.0 Å². The summed E-state index contributed by atoms with van der Waals surface area (Å²) in [5.41, 5.74) is 5.43. The molecule has 1 aliphatic heterocycles. The molecule has 1 fully saturated rings. The summed E-state index contributed by atoms with van der Waals surface area (Å²) in [5.74, 6) is -0.197. The molecule has 8 heteroatoms. The Kier molecular flexibility index (Phi) is 5.76. The fourth-order valence-corrected chi connectivity index (χ4v) is 2.21. The lowest BCUT2D eigenvalue weighted by atomic mass is 9.80. The summed E-state index contributed by atoms with van der Waals surface area (Å²) in [7, 11) is 0. The Morgan fingerprint density at radius 2 is 1.95 bits per heavy atom. The summed E-state index contributed by atoms with van der Waals surface area (Å²) in [6.45, 7) is 1.46. The van der Waals surface area contributed by atoms with Gasteiger partial charge >= 0.3 is 6.18 Å². The third kappa shape index (κ3) is 5.24. The Bertz CT molecular complexity index is 366. The van der Waals surface area contributed by atoms with Crippen LogP contribution in [-0.4, -0.2) is 48.3 Å². The van der Waals surface area contributed by atoms with Gasteiger partial charge in [0.2, 0.25) is 5.91 Å². The van der Waals surface area contributed by atoms with E-state index >= 15 is 0 Å². The number of carbonyl (C=O) groups is 1. The first-order chi connectivity index (χ1) is 9.14. The molecule has 4 nitrogen and oxygen atoms in total. The van der Waals surface area contributed by atoms with E-state index in [2.05, 4.69) is 4.74 Å². The average Bonchev–Trinajstić information content (AvgIpc) is 2.34. The predicted molar refractivity (Wildman–Crippen MR) is 72.2 cm³/mol. The Morgan fingerprint density at radius 3 is 2.40 bits per heavy atom. The molecule has 0 saturated carbocycles. The Hall–Kier alpha value is -0.890. The number of nitrogens with zero attached hydrogens (tertiary/aromatic N) is 1. The number of piperidine rings is 1. The molecule has 0 aromatic carbocycles. The van der Waals surface area contributed by atoms with E-state index in [-0.39, 0.29) is 24.3 Å². The largest absolute Gasteiger partial charge is 0.411 e. The number of rotatable bonds is 5. The zero-order valence-electron chi connectivity index (χ0n) is 11.3. The zero-order valence-corrected chi connectivity index (χ0v) is 12.1. The first-order valence-electron chi connectivity index (χ1n) is 6.36. The van der Waals surface area contributed by atoms with Crippen LogP contribution in [0.15, 0.2) is 0 Å². The van der Waals surface area contributed by atoms with Crippen molar-refractivity contribution in [2.75, 3.05) is 26.3 Å². The molecule has 116 valence electrons. The summed E-state index contributed by atoms with van der Waals surface area (Å²) in [4.78, 5) is 13.9. The van der Waals surface area contributed by atoms with E-state index in [1.807, 2.05) is 6.92 Å². The summed E-state index contributed by atoms with van der Waals surface area (Å²) in [6.07, 6.45) is -3.04. The number of carbonyl (C=O) groups excluding carboxylic acids is 1. The minimum atomic E-state index is -4.35. The van der Waals surface area contributed by atoms with Crippen LogP contribution in [0.25, 0.3) is 0 Å². The molecular weight excluding hydrogens is 293 g/mol. The number of halogens is 3. The van der Waals surface area contributed by atoms with Gasteiger partial charge in [-0.1, -0.05) is 19.1 Å². The van der Waals surface area contributed by atoms with Crippen molar-refractivity contribution in [3.63, 3.8) is 0 Å². The lowest BCUT2D eigenvalue weighted by Gasteiger charge is -2.38. The van der Waals surface area contributed by atoms with Crippen molar-refractivity contribution in [3.05, 3.63) is 0 Å². The molecule has 0 bridgehead atoms. The van der Waals surface area contributed by atoms with Crippen molar-refractivity contribution in [3.8, 4) is 0 Å². The second-order valence-electron chi connectivity index (χ2n) is 5.22. The fraction of sp³-hybridized carbons (Fsp3) is 0.833. The summed E-state index contributed by atoms with van der Waals surface area (Å²) < 4.78 is 40.0. The topological polar surface area (TPSA) is 55.6 Å². The molecule has 1 aliphatic rings. The van der Waals surface area contributed by atoms with E-state index in [1.165, 1.54) is 0 Å². The Morgan fingerprint density at radius 1 is 1.40 bits per heavy atom.